The van der Waals surface area contributed by atoms with Crippen LogP contribution < -0.4 is 0 Å². The van der Waals surface area contributed by atoms with Crippen molar-refractivity contribution in [1.29, 1.82) is 0 Å². The summed E-state index contributed by atoms with van der Waals surface area (Å²) in [5, 5.41) is 9.27. The predicted molar refractivity (Wildman–Crippen MR) is 78.9 cm³/mol. The molecule has 5 nitrogen and oxygen atoms in total. The third-order valence-corrected chi connectivity index (χ3v) is 4.32. The average Bonchev–Trinajstić information content (AvgIpc) is 2.95. The second-order valence-corrected chi connectivity index (χ2v) is 5.92. The first kappa shape index (κ1) is 16.0. The van der Waals surface area contributed by atoms with Crippen LogP contribution in [0.3, 0.4) is 0 Å². The van der Waals surface area contributed by atoms with Crippen LogP contribution >= 0.6 is 0 Å². The smallest absolute Gasteiger partial charge is 0.311 e. The fourth-order valence-electron chi connectivity index (χ4n) is 3.16. The van der Waals surface area contributed by atoms with E-state index < -0.39 is 11.9 Å². The van der Waals surface area contributed by atoms with E-state index in [1.807, 2.05) is 6.92 Å². The van der Waals surface area contributed by atoms with Crippen molar-refractivity contribution in [2.24, 2.45) is 5.92 Å². The first-order chi connectivity index (χ1) is 10.1. The second-order valence-electron chi connectivity index (χ2n) is 5.92. The van der Waals surface area contributed by atoms with E-state index in [0.29, 0.717) is 19.6 Å². The number of hydrogen-bond donors (Lipinski definition) is 1. The summed E-state index contributed by atoms with van der Waals surface area (Å²) in [5.74, 6) is -1.42. The predicted octanol–water partition coefficient (Wildman–Crippen LogP) is 2.22. The number of carboxylic acids is 1. The van der Waals surface area contributed by atoms with E-state index in [1.54, 1.807) is 4.90 Å². The van der Waals surface area contributed by atoms with Gasteiger partial charge >= 0.3 is 5.97 Å². The highest BCUT2D eigenvalue weighted by atomic mass is 16.5. The molecular weight excluding hydrogens is 270 g/mol. The van der Waals surface area contributed by atoms with Gasteiger partial charge in [-0.3, -0.25) is 9.59 Å². The van der Waals surface area contributed by atoms with Gasteiger partial charge in [0.25, 0.3) is 0 Å². The summed E-state index contributed by atoms with van der Waals surface area (Å²) in [6, 6.07) is -0.320. The Labute approximate surface area is 126 Å². The molecule has 0 saturated carbocycles. The van der Waals surface area contributed by atoms with Crippen LogP contribution in [-0.4, -0.2) is 47.7 Å². The number of aliphatic carboxylic acids is 1. The minimum atomic E-state index is -0.872. The normalized spacial score (nSPS) is 25.5. The lowest BCUT2D eigenvalue weighted by atomic mass is 9.95. The summed E-state index contributed by atoms with van der Waals surface area (Å²) in [5.41, 5.74) is 1.21. The van der Waals surface area contributed by atoms with Crippen LogP contribution in [0.5, 0.6) is 0 Å². The van der Waals surface area contributed by atoms with Gasteiger partial charge in [-0.15, -0.1) is 0 Å². The quantitative estimate of drug-likeness (QED) is 0.763. The maximum Gasteiger partial charge on any atom is 0.311 e. The van der Waals surface area contributed by atoms with Gasteiger partial charge in [-0.05, 0) is 32.1 Å². The molecule has 21 heavy (non-hydrogen) atoms. The fraction of sp³-hybridized carbons (Fsp3) is 0.750. The van der Waals surface area contributed by atoms with Crippen LogP contribution in [0.2, 0.25) is 0 Å². The summed E-state index contributed by atoms with van der Waals surface area (Å²) in [6.07, 6.45) is 7.84. The lowest BCUT2D eigenvalue weighted by molar-refractivity contribution is -0.145. The highest BCUT2D eigenvalue weighted by Crippen LogP contribution is 2.25. The number of carboxylic acid groups (broad SMARTS) is 1. The Balaban J connectivity index is 2.04. The Hall–Kier alpha value is -1.36. The Bertz CT molecular complexity index is 419. The average molecular weight is 295 g/mol. The third-order valence-electron chi connectivity index (χ3n) is 4.32. The van der Waals surface area contributed by atoms with Crippen LogP contribution in [-0.2, 0) is 14.3 Å². The van der Waals surface area contributed by atoms with Gasteiger partial charge in [0.2, 0.25) is 5.91 Å². The van der Waals surface area contributed by atoms with E-state index in [2.05, 4.69) is 6.08 Å². The van der Waals surface area contributed by atoms with Crippen molar-refractivity contribution < 1.29 is 19.4 Å². The zero-order valence-electron chi connectivity index (χ0n) is 12.7. The number of allylic oxidation sites excluding steroid dienone is 1. The largest absolute Gasteiger partial charge is 0.481 e. The SMILES string of the molecule is CCCN(C(=O)CC1=CCCCC1)C1COCC1C(=O)O. The minimum absolute atomic E-state index is 0.0479. The zero-order chi connectivity index (χ0) is 15.2. The van der Waals surface area contributed by atoms with E-state index in [0.717, 1.165) is 25.7 Å². The van der Waals surface area contributed by atoms with E-state index >= 15 is 0 Å². The number of nitrogens with zero attached hydrogens (tertiary/aromatic N) is 1. The molecule has 2 rings (SSSR count). The second kappa shape index (κ2) is 7.59. The van der Waals surface area contributed by atoms with Gasteiger partial charge in [-0.2, -0.15) is 0 Å². The van der Waals surface area contributed by atoms with Gasteiger partial charge in [-0.25, -0.2) is 0 Å². The van der Waals surface area contributed by atoms with Crippen LogP contribution in [0.1, 0.15) is 45.4 Å². The van der Waals surface area contributed by atoms with Gasteiger partial charge in [0, 0.05) is 13.0 Å². The molecule has 5 heteroatoms. The molecule has 0 aromatic rings. The molecule has 0 aromatic carbocycles. The number of carbonyl (C=O) groups excluding carboxylic acids is 1. The Kier molecular flexibility index (Phi) is 5.79. The maximum atomic E-state index is 12.6. The molecule has 2 unspecified atom stereocenters. The van der Waals surface area contributed by atoms with Crippen molar-refractivity contribution in [1.82, 2.24) is 4.90 Å². The first-order valence-electron chi connectivity index (χ1n) is 7.91. The summed E-state index contributed by atoms with van der Waals surface area (Å²) in [7, 11) is 0. The molecule has 118 valence electrons. The fourth-order valence-corrected chi connectivity index (χ4v) is 3.16. The molecule has 1 saturated heterocycles. The molecule has 1 heterocycles. The Morgan fingerprint density at radius 2 is 2.19 bits per heavy atom. The molecule has 0 aromatic heterocycles. The van der Waals surface area contributed by atoms with Gasteiger partial charge in [-0.1, -0.05) is 18.6 Å². The number of carbonyl (C=O) groups is 2. The molecule has 1 fully saturated rings. The zero-order valence-corrected chi connectivity index (χ0v) is 12.7. The van der Waals surface area contributed by atoms with Crippen molar-refractivity contribution in [3.63, 3.8) is 0 Å². The van der Waals surface area contributed by atoms with Gasteiger partial charge in [0.1, 0.15) is 5.92 Å². The molecule has 1 aliphatic carbocycles. The molecule has 1 aliphatic heterocycles. The number of rotatable bonds is 6. The van der Waals surface area contributed by atoms with Crippen LogP contribution in [0.4, 0.5) is 0 Å². The van der Waals surface area contributed by atoms with Crippen molar-refractivity contribution in [3.05, 3.63) is 11.6 Å². The highest BCUT2D eigenvalue weighted by Gasteiger charge is 2.39. The number of amides is 1. The highest BCUT2D eigenvalue weighted by molar-refractivity contribution is 5.80. The minimum Gasteiger partial charge on any atom is -0.481 e. The van der Waals surface area contributed by atoms with E-state index in [4.69, 9.17) is 4.74 Å². The van der Waals surface area contributed by atoms with E-state index in [-0.39, 0.29) is 18.6 Å². The van der Waals surface area contributed by atoms with Crippen molar-refractivity contribution >= 4 is 11.9 Å². The Morgan fingerprint density at radius 3 is 2.81 bits per heavy atom. The van der Waals surface area contributed by atoms with Crippen LogP contribution in [0.25, 0.3) is 0 Å². The summed E-state index contributed by atoms with van der Waals surface area (Å²) < 4.78 is 5.31. The van der Waals surface area contributed by atoms with Crippen LogP contribution in [0.15, 0.2) is 11.6 Å². The Morgan fingerprint density at radius 1 is 1.38 bits per heavy atom. The lowest BCUT2D eigenvalue weighted by Gasteiger charge is -2.31. The van der Waals surface area contributed by atoms with Gasteiger partial charge in [0.15, 0.2) is 0 Å². The molecule has 2 aliphatic rings. The lowest BCUT2D eigenvalue weighted by Crippen LogP contribution is -2.47. The number of ether oxygens (including phenoxy) is 1. The molecule has 0 bridgehead atoms. The molecule has 0 spiro atoms. The number of hydrogen-bond acceptors (Lipinski definition) is 3. The van der Waals surface area contributed by atoms with E-state index in [9.17, 15) is 14.7 Å². The molecular formula is C16H25NO4. The summed E-state index contributed by atoms with van der Waals surface area (Å²) >= 11 is 0. The van der Waals surface area contributed by atoms with Crippen molar-refractivity contribution in [2.45, 2.75) is 51.5 Å². The third kappa shape index (κ3) is 4.06. The standard InChI is InChI=1S/C16H25NO4/c1-2-8-17(14-11-21-10-13(14)16(19)20)15(18)9-12-6-4-3-5-7-12/h6,13-14H,2-5,7-11H2,1H3,(H,19,20). The van der Waals surface area contributed by atoms with Crippen LogP contribution in [0, 0.1) is 5.92 Å². The van der Waals surface area contributed by atoms with Gasteiger partial charge in [0.05, 0.1) is 19.3 Å². The summed E-state index contributed by atoms with van der Waals surface area (Å²) in [4.78, 5) is 25.6. The summed E-state index contributed by atoms with van der Waals surface area (Å²) in [6.45, 7) is 3.15. The molecule has 0 radical (unpaired) electrons. The van der Waals surface area contributed by atoms with Crippen molar-refractivity contribution in [3.8, 4) is 0 Å². The monoisotopic (exact) mass is 295 g/mol. The molecule has 2 atom stereocenters. The van der Waals surface area contributed by atoms with Crippen molar-refractivity contribution in [2.75, 3.05) is 19.8 Å². The van der Waals surface area contributed by atoms with E-state index in [1.165, 1.54) is 12.0 Å². The molecule has 1 N–H and O–H groups in total. The molecule has 1 amide bonds. The topological polar surface area (TPSA) is 66.8 Å². The maximum absolute atomic E-state index is 12.6. The first-order valence-corrected chi connectivity index (χ1v) is 7.91. The van der Waals surface area contributed by atoms with Gasteiger partial charge < -0.3 is 14.7 Å².